The second-order valence-corrected chi connectivity index (χ2v) is 4.02. The van der Waals surface area contributed by atoms with E-state index in [1.807, 2.05) is 20.8 Å². The molecule has 0 unspecified atom stereocenters. The summed E-state index contributed by atoms with van der Waals surface area (Å²) in [6, 6.07) is 0. The molecule has 0 saturated heterocycles. The summed E-state index contributed by atoms with van der Waals surface area (Å²) in [5, 5.41) is 0. The number of carbonyl (C=O) groups excluding carboxylic acids is 2. The van der Waals surface area contributed by atoms with Gasteiger partial charge in [0.15, 0.2) is 0 Å². The zero-order valence-electron chi connectivity index (χ0n) is 19.3. The molecule has 0 aliphatic carbocycles. The Morgan fingerprint density at radius 3 is 2.14 bits per heavy atom. The second-order valence-electron chi connectivity index (χ2n) is 4.02. The minimum Gasteiger partial charge on any atom is -0.469 e. The molecule has 0 rings (SSSR count). The summed E-state index contributed by atoms with van der Waals surface area (Å²) >= 11 is 0. The van der Waals surface area contributed by atoms with Crippen LogP contribution in [0.2, 0.25) is 0 Å². The normalized spacial score (nSPS) is 13.7. The standard InChI is InChI=1S/C10H18O4.5H2/c1-10(2,3)14-9(12)7-5-6-8(11)13-4;;;;;/h5-7H2,1-4H3;5*1H/i;5*1+1D. The highest BCUT2D eigenvalue weighted by Gasteiger charge is 2.16. The molecule has 4 heteroatoms. The number of methoxy groups -OCH3 is 1. The Hall–Kier alpha value is -1.06. The lowest BCUT2D eigenvalue weighted by Gasteiger charge is -2.19. The molecule has 0 heterocycles. The van der Waals surface area contributed by atoms with Gasteiger partial charge in [0.25, 0.3) is 0 Å². The van der Waals surface area contributed by atoms with Crippen LogP contribution in [0.25, 0.3) is 0 Å². The van der Waals surface area contributed by atoms with E-state index in [2.05, 4.69) is 4.74 Å². The highest BCUT2D eigenvalue weighted by atomic mass is 16.6. The molecular weight excluding hydrogens is 184 g/mol. The maximum Gasteiger partial charge on any atom is 0.306 e. The summed E-state index contributed by atoms with van der Waals surface area (Å²) in [7, 11) is 1.33. The van der Waals surface area contributed by atoms with Gasteiger partial charge in [-0.15, -0.1) is 0 Å². The van der Waals surface area contributed by atoms with Gasteiger partial charge in [-0.2, -0.15) is 0 Å². The molecule has 0 aliphatic heterocycles. The molecular formula is C10H28O4. The summed E-state index contributed by atoms with van der Waals surface area (Å²) in [5.74, 6) is -0.574. The minimum atomic E-state index is -0.456. The van der Waals surface area contributed by atoms with Crippen LogP contribution in [0.5, 0.6) is 0 Å². The Balaban J connectivity index is -0.0000000687. The number of hydrogen-bond donors (Lipinski definition) is 0. The van der Waals surface area contributed by atoms with Crippen molar-refractivity contribution in [3.8, 4) is 0 Å². The highest BCUT2D eigenvalue weighted by molar-refractivity contribution is 5.72. The molecule has 4 nitrogen and oxygen atoms in total. The van der Waals surface area contributed by atoms with Crippen molar-refractivity contribution in [1.82, 2.24) is 0 Å². The Morgan fingerprint density at radius 2 is 1.71 bits per heavy atom. The lowest BCUT2D eigenvalue weighted by Crippen LogP contribution is -2.23. The zero-order chi connectivity index (χ0) is 21.2. The van der Waals surface area contributed by atoms with Crippen LogP contribution in [-0.2, 0) is 19.1 Å². The van der Waals surface area contributed by atoms with Gasteiger partial charge in [-0.3, -0.25) is 9.59 Å². The fourth-order valence-electron chi connectivity index (χ4n) is 0.872. The number of rotatable bonds is 4. The van der Waals surface area contributed by atoms with E-state index in [4.69, 9.17) is 19.6 Å². The van der Waals surface area contributed by atoms with Crippen LogP contribution in [-0.4, -0.2) is 24.6 Å². The molecule has 0 aliphatic rings. The zero-order valence-corrected chi connectivity index (χ0v) is 9.25. The average molecular weight is 222 g/mol. The Bertz CT molecular complexity index is 226. The number of esters is 2. The van der Waals surface area contributed by atoms with Crippen molar-refractivity contribution in [2.75, 3.05) is 7.11 Å². The van der Waals surface area contributed by atoms with E-state index in [9.17, 15) is 9.59 Å². The van der Waals surface area contributed by atoms with Crippen LogP contribution in [0, 0.1) is 0 Å². The average Bonchev–Trinajstić information content (AvgIpc) is 2.62. The summed E-state index contributed by atoms with van der Waals surface area (Å²) < 4.78 is 59.5. The Labute approximate surface area is 100 Å². The van der Waals surface area contributed by atoms with Gasteiger partial charge in [-0.1, -0.05) is 0 Å². The molecule has 0 aromatic rings. The molecule has 0 N–H and O–H groups in total. The van der Waals surface area contributed by atoms with Crippen LogP contribution in [0.15, 0.2) is 0 Å². The predicted molar refractivity (Wildman–Crippen MR) is 62.3 cm³/mol. The fraction of sp³-hybridized carbons (Fsp3) is 0.800. The van der Waals surface area contributed by atoms with Gasteiger partial charge in [-0.25, -0.2) is 0 Å². The summed E-state index contributed by atoms with van der Waals surface area (Å²) in [6.45, 7) is 5.43. The number of ether oxygens (including phenoxy) is 2. The predicted octanol–water partition coefficient (Wildman–Crippen LogP) is 2.90. The Morgan fingerprint density at radius 1 is 1.21 bits per heavy atom. The molecule has 0 spiro atoms. The van der Waals surface area contributed by atoms with E-state index in [0.29, 0.717) is 6.42 Å². The van der Waals surface area contributed by atoms with Gasteiger partial charge in [0.05, 0.1) is 7.11 Å². The largest absolute Gasteiger partial charge is 0.469 e. The second kappa shape index (κ2) is 5.62. The third-order valence-corrected chi connectivity index (χ3v) is 1.41. The van der Waals surface area contributed by atoms with Crippen molar-refractivity contribution in [3.63, 3.8) is 0 Å². The Kier molecular flexibility index (Phi) is 2.58. The summed E-state index contributed by atoms with van der Waals surface area (Å²) in [4.78, 5) is 21.9. The molecule has 92 valence electrons. The first-order valence-electron chi connectivity index (χ1n) is 9.64. The molecule has 0 saturated carbocycles. The van der Waals surface area contributed by atoms with E-state index in [1.54, 1.807) is 0 Å². The first-order valence-corrected chi connectivity index (χ1v) is 4.64. The van der Waals surface area contributed by atoms with Gasteiger partial charge >= 0.3 is 11.9 Å². The molecule has 14 heavy (non-hydrogen) atoms. The van der Waals surface area contributed by atoms with Crippen molar-refractivity contribution >= 4 is 11.9 Å². The van der Waals surface area contributed by atoms with Crippen molar-refractivity contribution in [1.29, 1.82) is 0 Å². The topological polar surface area (TPSA) is 52.6 Å². The number of carbonyl (C=O) groups is 2. The highest BCUT2D eigenvalue weighted by Crippen LogP contribution is 2.09. The molecule has 0 atom stereocenters. The van der Waals surface area contributed by atoms with Crippen LogP contribution >= 0.6 is 0 Å². The van der Waals surface area contributed by atoms with Crippen molar-refractivity contribution in [2.45, 2.75) is 45.6 Å². The van der Waals surface area contributed by atoms with E-state index < -0.39 is 5.60 Å². The van der Waals surface area contributed by atoms with Crippen molar-refractivity contribution in [2.24, 2.45) is 0 Å². The van der Waals surface area contributed by atoms with Gasteiger partial charge in [0.1, 0.15) is 5.60 Å². The van der Waals surface area contributed by atoms with Gasteiger partial charge in [0.2, 0.25) is 0 Å². The van der Waals surface area contributed by atoms with E-state index >= 15 is 0 Å². The SMILES string of the molecule is COC(=O)CCCC(=O)OC(C)(C)C.[2H][2H].[2H][2H].[2H][2H].[2H][2H].[2H][2H]. The van der Waals surface area contributed by atoms with Gasteiger partial charge < -0.3 is 9.47 Å². The van der Waals surface area contributed by atoms with Gasteiger partial charge in [-0.05, 0) is 27.2 Å². The lowest BCUT2D eigenvalue weighted by molar-refractivity contribution is -0.155. The maximum absolute atomic E-state index is 11.2. The number of hydrogen-bond acceptors (Lipinski definition) is 4. The molecule has 0 aromatic carbocycles. The smallest absolute Gasteiger partial charge is 0.306 e. The quantitative estimate of drug-likeness (QED) is 0.686. The molecule has 0 bridgehead atoms. The maximum atomic E-state index is 11.2. The molecule has 0 amide bonds. The third-order valence-electron chi connectivity index (χ3n) is 1.41. The molecule has 0 radical (unpaired) electrons. The third kappa shape index (κ3) is 7.58. The van der Waals surface area contributed by atoms with Crippen LogP contribution in [0.4, 0.5) is 0 Å². The first kappa shape index (κ1) is 6.43. The summed E-state index contributed by atoms with van der Waals surface area (Å²) in [6.07, 6.45) is 0.990. The van der Waals surface area contributed by atoms with Crippen LogP contribution < -0.4 is 0 Å². The fourth-order valence-corrected chi connectivity index (χ4v) is 0.872. The minimum absolute atomic E-state index is 0.256. The van der Waals surface area contributed by atoms with E-state index in [1.165, 1.54) is 7.11 Å². The lowest BCUT2D eigenvalue weighted by atomic mass is 10.2. The molecule has 0 fully saturated rings. The van der Waals surface area contributed by atoms with Crippen LogP contribution in [0.3, 0.4) is 0 Å². The monoisotopic (exact) mass is 222 g/mol. The van der Waals surface area contributed by atoms with Crippen LogP contribution in [0.1, 0.15) is 54.9 Å². The first-order chi connectivity index (χ1) is 11.3. The van der Waals surface area contributed by atoms with E-state index in [-0.39, 0.29) is 24.8 Å². The van der Waals surface area contributed by atoms with Gasteiger partial charge in [0, 0.05) is 27.7 Å². The summed E-state index contributed by atoms with van der Waals surface area (Å²) in [5.41, 5.74) is -0.456. The molecule has 0 aromatic heterocycles. The van der Waals surface area contributed by atoms with E-state index in [0.717, 1.165) is 0 Å². The van der Waals surface area contributed by atoms with Crippen molar-refractivity contribution in [3.05, 3.63) is 0 Å². The van der Waals surface area contributed by atoms with Crippen molar-refractivity contribution < 1.29 is 33.9 Å².